The molecular formula is C15H16N2O4. The lowest BCUT2D eigenvalue weighted by Gasteiger charge is -2.21. The molecule has 6 heteroatoms. The number of ether oxygens (including phenoxy) is 1. The van der Waals surface area contributed by atoms with Gasteiger partial charge in [-0.1, -0.05) is 6.07 Å². The maximum Gasteiger partial charge on any atom is 0.326 e. The first-order valence-electron chi connectivity index (χ1n) is 6.74. The molecule has 0 bridgehead atoms. The fourth-order valence-corrected chi connectivity index (χ4v) is 2.85. The average Bonchev–Trinajstić information content (AvgIpc) is 3.12. The Morgan fingerprint density at radius 3 is 2.90 bits per heavy atom. The van der Waals surface area contributed by atoms with Crippen LogP contribution in [-0.2, 0) is 9.53 Å². The molecule has 110 valence electrons. The van der Waals surface area contributed by atoms with Gasteiger partial charge in [0.25, 0.3) is 5.91 Å². The topological polar surface area (TPSA) is 82.6 Å². The fraction of sp³-hybridized carbons (Fsp3) is 0.333. The van der Waals surface area contributed by atoms with E-state index in [-0.39, 0.29) is 12.0 Å². The van der Waals surface area contributed by atoms with E-state index in [1.54, 1.807) is 18.3 Å². The molecule has 6 nitrogen and oxygen atoms in total. The summed E-state index contributed by atoms with van der Waals surface area (Å²) in [5, 5.41) is 10.1. The summed E-state index contributed by atoms with van der Waals surface area (Å²) >= 11 is 0. The molecular weight excluding hydrogens is 272 g/mol. The number of carbonyl (C=O) groups is 2. The highest BCUT2D eigenvalue weighted by atomic mass is 16.5. The van der Waals surface area contributed by atoms with Crippen LogP contribution in [0.5, 0.6) is 0 Å². The third-order valence-corrected chi connectivity index (χ3v) is 3.97. The number of carboxylic acid groups (broad SMARTS) is 1. The van der Waals surface area contributed by atoms with E-state index in [2.05, 4.69) is 4.98 Å². The number of aliphatic carboxylic acids is 1. The maximum absolute atomic E-state index is 12.7. The van der Waals surface area contributed by atoms with Crippen LogP contribution >= 0.6 is 0 Å². The second-order valence-corrected chi connectivity index (χ2v) is 5.15. The molecule has 0 aliphatic carbocycles. The van der Waals surface area contributed by atoms with Crippen molar-refractivity contribution in [1.82, 2.24) is 9.88 Å². The summed E-state index contributed by atoms with van der Waals surface area (Å²) in [4.78, 5) is 28.5. The second kappa shape index (κ2) is 5.21. The van der Waals surface area contributed by atoms with Crippen LogP contribution in [0.1, 0.15) is 16.8 Å². The van der Waals surface area contributed by atoms with Crippen molar-refractivity contribution in [2.24, 2.45) is 0 Å². The van der Waals surface area contributed by atoms with Gasteiger partial charge in [0.1, 0.15) is 6.04 Å². The minimum Gasteiger partial charge on any atom is -0.480 e. The SMILES string of the molecule is COC1CC(C(=O)O)N(C(=O)c2cccc3[nH]ccc23)C1. The molecule has 1 fully saturated rings. The number of amides is 1. The summed E-state index contributed by atoms with van der Waals surface area (Å²) in [6, 6.07) is 6.37. The van der Waals surface area contributed by atoms with Crippen molar-refractivity contribution in [3.8, 4) is 0 Å². The number of hydrogen-bond donors (Lipinski definition) is 2. The molecule has 2 aromatic rings. The number of aromatic amines is 1. The molecule has 1 aromatic heterocycles. The van der Waals surface area contributed by atoms with E-state index < -0.39 is 12.0 Å². The number of rotatable bonds is 3. The Kier molecular flexibility index (Phi) is 3.39. The molecule has 1 saturated heterocycles. The minimum absolute atomic E-state index is 0.236. The highest BCUT2D eigenvalue weighted by molar-refractivity contribution is 6.07. The van der Waals surface area contributed by atoms with Crippen molar-refractivity contribution >= 4 is 22.8 Å². The zero-order valence-electron chi connectivity index (χ0n) is 11.6. The van der Waals surface area contributed by atoms with Gasteiger partial charge in [-0.25, -0.2) is 4.79 Å². The van der Waals surface area contributed by atoms with Gasteiger partial charge < -0.3 is 19.7 Å². The molecule has 1 aliphatic heterocycles. The summed E-state index contributed by atoms with van der Waals surface area (Å²) in [6.07, 6.45) is 1.85. The fourth-order valence-electron chi connectivity index (χ4n) is 2.85. The summed E-state index contributed by atoms with van der Waals surface area (Å²) in [5.41, 5.74) is 1.37. The number of likely N-dealkylation sites (tertiary alicyclic amines) is 1. The highest BCUT2D eigenvalue weighted by Gasteiger charge is 2.40. The van der Waals surface area contributed by atoms with Crippen LogP contribution in [0.2, 0.25) is 0 Å². The van der Waals surface area contributed by atoms with Crippen LogP contribution < -0.4 is 0 Å². The van der Waals surface area contributed by atoms with Crippen molar-refractivity contribution in [3.05, 3.63) is 36.0 Å². The number of nitrogens with one attached hydrogen (secondary N) is 1. The lowest BCUT2D eigenvalue weighted by molar-refractivity contribution is -0.141. The van der Waals surface area contributed by atoms with E-state index in [4.69, 9.17) is 4.74 Å². The molecule has 1 amide bonds. The normalized spacial score (nSPS) is 21.9. The number of aromatic nitrogens is 1. The Balaban J connectivity index is 1.97. The van der Waals surface area contributed by atoms with E-state index in [1.807, 2.05) is 12.1 Å². The number of fused-ring (bicyclic) bond motifs is 1. The maximum atomic E-state index is 12.7. The number of H-pyrrole nitrogens is 1. The zero-order valence-corrected chi connectivity index (χ0v) is 11.6. The number of methoxy groups -OCH3 is 1. The van der Waals surface area contributed by atoms with Crippen LogP contribution in [0.4, 0.5) is 0 Å². The Morgan fingerprint density at radius 2 is 2.19 bits per heavy atom. The van der Waals surface area contributed by atoms with Crippen molar-refractivity contribution in [2.75, 3.05) is 13.7 Å². The van der Waals surface area contributed by atoms with Gasteiger partial charge in [0.2, 0.25) is 0 Å². The van der Waals surface area contributed by atoms with E-state index in [9.17, 15) is 14.7 Å². The van der Waals surface area contributed by atoms with Gasteiger partial charge in [0.15, 0.2) is 0 Å². The zero-order chi connectivity index (χ0) is 15.0. The molecule has 0 radical (unpaired) electrons. The van der Waals surface area contributed by atoms with Gasteiger partial charge in [-0.2, -0.15) is 0 Å². The number of carbonyl (C=O) groups excluding carboxylic acids is 1. The third kappa shape index (κ3) is 2.27. The summed E-state index contributed by atoms with van der Waals surface area (Å²) < 4.78 is 5.22. The largest absolute Gasteiger partial charge is 0.480 e. The number of nitrogens with zero attached hydrogens (tertiary/aromatic N) is 1. The van der Waals surface area contributed by atoms with E-state index in [0.29, 0.717) is 18.5 Å². The van der Waals surface area contributed by atoms with Gasteiger partial charge in [-0.15, -0.1) is 0 Å². The van der Waals surface area contributed by atoms with Crippen LogP contribution in [-0.4, -0.2) is 52.7 Å². The van der Waals surface area contributed by atoms with Gasteiger partial charge in [-0.3, -0.25) is 4.79 Å². The Bertz CT molecular complexity index is 694. The van der Waals surface area contributed by atoms with Gasteiger partial charge in [0.05, 0.1) is 6.10 Å². The molecule has 1 aromatic carbocycles. The van der Waals surface area contributed by atoms with Gasteiger partial charge in [0, 0.05) is 42.7 Å². The molecule has 2 unspecified atom stereocenters. The standard InChI is InChI=1S/C15H16N2O4/c1-21-9-7-13(15(19)20)17(8-9)14(18)11-3-2-4-12-10(11)5-6-16-12/h2-6,9,13,16H,7-8H2,1H3,(H,19,20). The lowest BCUT2D eigenvalue weighted by Crippen LogP contribution is -2.40. The van der Waals surface area contributed by atoms with E-state index >= 15 is 0 Å². The molecule has 2 N–H and O–H groups in total. The first-order valence-corrected chi connectivity index (χ1v) is 6.74. The van der Waals surface area contributed by atoms with Crippen molar-refractivity contribution < 1.29 is 19.4 Å². The van der Waals surface area contributed by atoms with Gasteiger partial charge in [-0.05, 0) is 18.2 Å². The smallest absolute Gasteiger partial charge is 0.326 e. The predicted octanol–water partition coefficient (Wildman–Crippen LogP) is 1.48. The molecule has 2 atom stereocenters. The molecule has 3 rings (SSSR count). The second-order valence-electron chi connectivity index (χ2n) is 5.15. The Labute approximate surface area is 121 Å². The van der Waals surface area contributed by atoms with Crippen LogP contribution in [0.3, 0.4) is 0 Å². The lowest BCUT2D eigenvalue weighted by atomic mass is 10.1. The highest BCUT2D eigenvalue weighted by Crippen LogP contribution is 2.25. The summed E-state index contributed by atoms with van der Waals surface area (Å²) in [7, 11) is 1.53. The molecule has 2 heterocycles. The first-order chi connectivity index (χ1) is 10.1. The number of hydrogen-bond acceptors (Lipinski definition) is 3. The van der Waals surface area contributed by atoms with Crippen LogP contribution in [0.15, 0.2) is 30.5 Å². The summed E-state index contributed by atoms with van der Waals surface area (Å²) in [5.74, 6) is -1.27. The molecule has 0 spiro atoms. The number of benzene rings is 1. The Morgan fingerprint density at radius 1 is 1.38 bits per heavy atom. The van der Waals surface area contributed by atoms with E-state index in [0.717, 1.165) is 10.9 Å². The molecule has 1 aliphatic rings. The van der Waals surface area contributed by atoms with Crippen molar-refractivity contribution in [1.29, 1.82) is 0 Å². The van der Waals surface area contributed by atoms with Crippen molar-refractivity contribution in [2.45, 2.75) is 18.6 Å². The third-order valence-electron chi connectivity index (χ3n) is 3.97. The molecule has 21 heavy (non-hydrogen) atoms. The van der Waals surface area contributed by atoms with Crippen LogP contribution in [0, 0.1) is 0 Å². The number of carboxylic acids is 1. The van der Waals surface area contributed by atoms with E-state index in [1.165, 1.54) is 12.0 Å². The summed E-state index contributed by atoms with van der Waals surface area (Å²) in [6.45, 7) is 0.299. The Hall–Kier alpha value is -2.34. The molecule has 0 saturated carbocycles. The quantitative estimate of drug-likeness (QED) is 0.896. The predicted molar refractivity (Wildman–Crippen MR) is 76.2 cm³/mol. The average molecular weight is 288 g/mol. The monoisotopic (exact) mass is 288 g/mol. The van der Waals surface area contributed by atoms with Gasteiger partial charge >= 0.3 is 5.97 Å². The first kappa shape index (κ1) is 13.6. The van der Waals surface area contributed by atoms with Crippen LogP contribution in [0.25, 0.3) is 10.9 Å². The minimum atomic E-state index is -0.996. The van der Waals surface area contributed by atoms with Crippen molar-refractivity contribution in [3.63, 3.8) is 0 Å².